The Hall–Kier alpha value is -0.0300. The van der Waals surface area contributed by atoms with Crippen LogP contribution in [0.1, 0.15) is 39.4 Å². The van der Waals surface area contributed by atoms with Crippen molar-refractivity contribution in [3.63, 3.8) is 0 Å². The highest BCUT2D eigenvalue weighted by Gasteiger charge is 2.15. The quantitative estimate of drug-likeness (QED) is 0.842. The molecular weight excluding hydrogens is 289 g/mol. The van der Waals surface area contributed by atoms with Crippen LogP contribution in [0.25, 0.3) is 0 Å². The van der Waals surface area contributed by atoms with Gasteiger partial charge in [-0.25, -0.2) is 0 Å². The van der Waals surface area contributed by atoms with E-state index in [4.69, 9.17) is 4.42 Å². The van der Waals surface area contributed by atoms with E-state index in [1.54, 1.807) is 0 Å². The summed E-state index contributed by atoms with van der Waals surface area (Å²) < 4.78 is 6.43. The average molecular weight is 307 g/mol. The first-order valence-electron chi connectivity index (χ1n) is 5.03. The van der Waals surface area contributed by atoms with Crippen molar-refractivity contribution >= 4 is 22.6 Å². The van der Waals surface area contributed by atoms with Gasteiger partial charge in [-0.05, 0) is 55.0 Å². The Kier molecular flexibility index (Phi) is 4.44. The fraction of sp³-hybridized carbons (Fsp3) is 0.636. The van der Waals surface area contributed by atoms with Crippen molar-refractivity contribution in [3.8, 4) is 0 Å². The number of furan rings is 1. The topological polar surface area (TPSA) is 25.2 Å². The number of hydrogen-bond acceptors (Lipinski definition) is 2. The minimum absolute atomic E-state index is 0.201. The second-order valence-electron chi connectivity index (χ2n) is 4.19. The van der Waals surface area contributed by atoms with Gasteiger partial charge >= 0.3 is 0 Å². The lowest BCUT2D eigenvalue weighted by Gasteiger charge is -2.25. The van der Waals surface area contributed by atoms with Crippen LogP contribution in [-0.2, 0) is 6.54 Å². The third-order valence-corrected chi connectivity index (χ3v) is 2.82. The van der Waals surface area contributed by atoms with Crippen molar-refractivity contribution in [2.24, 2.45) is 0 Å². The van der Waals surface area contributed by atoms with Crippen LogP contribution in [0.2, 0.25) is 0 Å². The summed E-state index contributed by atoms with van der Waals surface area (Å²) in [5, 5.41) is 3.49. The Morgan fingerprint density at radius 3 is 2.64 bits per heavy atom. The number of rotatable bonds is 5. The van der Waals surface area contributed by atoms with E-state index < -0.39 is 0 Å². The number of halogens is 1. The summed E-state index contributed by atoms with van der Waals surface area (Å²) in [6.45, 7) is 7.48. The van der Waals surface area contributed by atoms with Crippen LogP contribution < -0.4 is 5.32 Å². The molecule has 0 aliphatic heterocycles. The lowest BCUT2D eigenvalue weighted by atomic mass is 9.99. The average Bonchev–Trinajstić information content (AvgIpc) is 2.48. The van der Waals surface area contributed by atoms with Crippen LogP contribution in [0.5, 0.6) is 0 Å². The van der Waals surface area contributed by atoms with Crippen molar-refractivity contribution in [1.82, 2.24) is 5.32 Å². The van der Waals surface area contributed by atoms with Crippen molar-refractivity contribution in [2.75, 3.05) is 0 Å². The highest BCUT2D eigenvalue weighted by molar-refractivity contribution is 14.1. The second kappa shape index (κ2) is 5.16. The van der Waals surface area contributed by atoms with Gasteiger partial charge in [0.05, 0.1) is 6.54 Å². The molecule has 1 N–H and O–H groups in total. The molecule has 80 valence electrons. The summed E-state index contributed by atoms with van der Waals surface area (Å²) in [5.74, 6) is 1.01. The SMILES string of the molecule is CCCC(C)(C)NCc1ccc(I)o1. The van der Waals surface area contributed by atoms with E-state index >= 15 is 0 Å². The molecule has 0 aliphatic rings. The van der Waals surface area contributed by atoms with Gasteiger partial charge < -0.3 is 9.73 Å². The van der Waals surface area contributed by atoms with E-state index in [-0.39, 0.29) is 5.54 Å². The molecule has 0 aliphatic carbocycles. The predicted molar refractivity (Wildman–Crippen MR) is 67.3 cm³/mol. The molecule has 0 spiro atoms. The van der Waals surface area contributed by atoms with Gasteiger partial charge in [-0.15, -0.1) is 0 Å². The minimum Gasteiger partial charge on any atom is -0.454 e. The zero-order valence-electron chi connectivity index (χ0n) is 9.06. The Balaban J connectivity index is 2.40. The summed E-state index contributed by atoms with van der Waals surface area (Å²) in [5.41, 5.74) is 0.201. The molecule has 2 nitrogen and oxygen atoms in total. The summed E-state index contributed by atoms with van der Waals surface area (Å²) in [4.78, 5) is 0. The first-order valence-corrected chi connectivity index (χ1v) is 6.10. The zero-order chi connectivity index (χ0) is 10.6. The van der Waals surface area contributed by atoms with Crippen molar-refractivity contribution in [3.05, 3.63) is 21.7 Å². The maximum absolute atomic E-state index is 5.48. The Labute approximate surface area is 99.6 Å². The summed E-state index contributed by atoms with van der Waals surface area (Å²) >= 11 is 2.18. The van der Waals surface area contributed by atoms with Crippen LogP contribution in [0, 0.1) is 3.77 Å². The Morgan fingerprint density at radius 1 is 1.43 bits per heavy atom. The third-order valence-electron chi connectivity index (χ3n) is 2.25. The second-order valence-corrected chi connectivity index (χ2v) is 5.26. The van der Waals surface area contributed by atoms with Gasteiger partial charge in [0, 0.05) is 5.54 Å². The predicted octanol–water partition coefficient (Wildman–Crippen LogP) is 3.55. The first-order chi connectivity index (χ1) is 6.53. The fourth-order valence-electron chi connectivity index (χ4n) is 1.49. The smallest absolute Gasteiger partial charge is 0.164 e. The fourth-order valence-corrected chi connectivity index (χ4v) is 1.95. The molecule has 0 fully saturated rings. The molecule has 0 radical (unpaired) electrons. The summed E-state index contributed by atoms with van der Waals surface area (Å²) in [7, 11) is 0. The molecule has 1 aromatic heterocycles. The largest absolute Gasteiger partial charge is 0.454 e. The molecule has 1 rings (SSSR count). The van der Waals surface area contributed by atoms with Crippen molar-refractivity contribution < 1.29 is 4.42 Å². The van der Waals surface area contributed by atoms with Gasteiger partial charge in [0.15, 0.2) is 3.77 Å². The molecule has 0 atom stereocenters. The van der Waals surface area contributed by atoms with Gasteiger partial charge in [0.2, 0.25) is 0 Å². The van der Waals surface area contributed by atoms with Gasteiger partial charge in [-0.1, -0.05) is 13.3 Å². The monoisotopic (exact) mass is 307 g/mol. The minimum atomic E-state index is 0.201. The molecule has 3 heteroatoms. The maximum atomic E-state index is 5.48. The highest BCUT2D eigenvalue weighted by Crippen LogP contribution is 2.14. The van der Waals surface area contributed by atoms with Gasteiger partial charge in [-0.2, -0.15) is 0 Å². The number of nitrogens with one attached hydrogen (secondary N) is 1. The summed E-state index contributed by atoms with van der Waals surface area (Å²) in [6.07, 6.45) is 2.39. The molecule has 0 saturated heterocycles. The molecule has 1 heterocycles. The maximum Gasteiger partial charge on any atom is 0.164 e. The molecule has 14 heavy (non-hydrogen) atoms. The van der Waals surface area contributed by atoms with Gasteiger partial charge in [0.25, 0.3) is 0 Å². The lowest BCUT2D eigenvalue weighted by molar-refractivity contribution is 0.335. The van der Waals surface area contributed by atoms with Crippen LogP contribution in [0.3, 0.4) is 0 Å². The lowest BCUT2D eigenvalue weighted by Crippen LogP contribution is -2.38. The van der Waals surface area contributed by atoms with E-state index in [1.807, 2.05) is 12.1 Å². The first kappa shape index (κ1) is 12.0. The third kappa shape index (κ3) is 4.00. The van der Waals surface area contributed by atoms with E-state index in [0.29, 0.717) is 0 Å². The van der Waals surface area contributed by atoms with E-state index in [0.717, 1.165) is 16.1 Å². The van der Waals surface area contributed by atoms with E-state index in [1.165, 1.54) is 12.8 Å². The van der Waals surface area contributed by atoms with E-state index in [2.05, 4.69) is 48.7 Å². The zero-order valence-corrected chi connectivity index (χ0v) is 11.2. The molecule has 0 unspecified atom stereocenters. The van der Waals surface area contributed by atoms with Crippen molar-refractivity contribution in [2.45, 2.75) is 45.7 Å². The Morgan fingerprint density at radius 2 is 2.14 bits per heavy atom. The molecule has 0 saturated carbocycles. The van der Waals surface area contributed by atoms with Crippen LogP contribution in [-0.4, -0.2) is 5.54 Å². The Bertz CT molecular complexity index is 281. The van der Waals surface area contributed by atoms with Gasteiger partial charge in [-0.3, -0.25) is 0 Å². The van der Waals surface area contributed by atoms with E-state index in [9.17, 15) is 0 Å². The number of hydrogen-bond donors (Lipinski definition) is 1. The molecule has 0 amide bonds. The molecule has 0 aromatic carbocycles. The van der Waals surface area contributed by atoms with Crippen LogP contribution in [0.4, 0.5) is 0 Å². The molecule has 1 aromatic rings. The normalized spacial score (nSPS) is 12.0. The molecule has 0 bridgehead atoms. The van der Waals surface area contributed by atoms with Crippen molar-refractivity contribution in [1.29, 1.82) is 0 Å². The molecular formula is C11H18INO. The van der Waals surface area contributed by atoms with Gasteiger partial charge in [0.1, 0.15) is 5.76 Å². The standard InChI is InChI=1S/C11H18INO/c1-4-7-11(2,3)13-8-9-5-6-10(12)14-9/h5-6,13H,4,7-8H2,1-3H3. The van der Waals surface area contributed by atoms with Crippen LogP contribution in [0.15, 0.2) is 16.5 Å². The summed E-state index contributed by atoms with van der Waals surface area (Å²) in [6, 6.07) is 4.02. The van der Waals surface area contributed by atoms with Crippen LogP contribution >= 0.6 is 22.6 Å². The highest BCUT2D eigenvalue weighted by atomic mass is 127.